The molecule has 7 heteroatoms. The van der Waals surface area contributed by atoms with Crippen LogP contribution in [-0.4, -0.2) is 20.0 Å². The van der Waals surface area contributed by atoms with Gasteiger partial charge in [0, 0.05) is 11.1 Å². The summed E-state index contributed by atoms with van der Waals surface area (Å²) in [5, 5.41) is 19.1. The number of halogens is 1. The molecule has 1 aliphatic rings. The lowest BCUT2D eigenvalue weighted by Gasteiger charge is -2.03. The fourth-order valence-electron chi connectivity index (χ4n) is 1.99. The molecule has 0 saturated carbocycles. The fourth-order valence-corrected chi connectivity index (χ4v) is 3.53. The van der Waals surface area contributed by atoms with E-state index in [2.05, 4.69) is 0 Å². The summed E-state index contributed by atoms with van der Waals surface area (Å²) in [5.74, 6) is -0.260. The standard InChI is InChI=1S/C13H7IN2O3S/c1-18-12-9-8(6(4-15)5-16)7(3-14)11(17)10(9)13(19-2)20-12/h3H,1-2H3/b7-3+. The summed E-state index contributed by atoms with van der Waals surface area (Å²) < 4.78 is 12.0. The van der Waals surface area contributed by atoms with Crippen LogP contribution in [0.2, 0.25) is 0 Å². The molecule has 0 unspecified atom stereocenters. The number of methoxy groups -OCH3 is 2. The monoisotopic (exact) mass is 398 g/mol. The molecule has 0 saturated heterocycles. The number of hydrogen-bond donors (Lipinski definition) is 0. The Labute approximate surface area is 132 Å². The average molecular weight is 398 g/mol. The van der Waals surface area contributed by atoms with Crippen LogP contribution in [0, 0.1) is 22.7 Å². The summed E-state index contributed by atoms with van der Waals surface area (Å²) >= 11 is 3.09. The third-order valence-electron chi connectivity index (χ3n) is 2.79. The van der Waals surface area contributed by atoms with Gasteiger partial charge in [0.25, 0.3) is 0 Å². The highest BCUT2D eigenvalue weighted by molar-refractivity contribution is 14.1. The Morgan fingerprint density at radius 1 is 1.20 bits per heavy atom. The molecule has 0 aromatic carbocycles. The summed E-state index contributed by atoms with van der Waals surface area (Å²) in [6.45, 7) is 0. The minimum absolute atomic E-state index is 0.112. The predicted octanol–water partition coefficient (Wildman–Crippen LogP) is 3.08. The molecule has 0 amide bonds. The van der Waals surface area contributed by atoms with Crippen molar-refractivity contribution in [3.63, 3.8) is 0 Å². The molecule has 1 aromatic rings. The van der Waals surface area contributed by atoms with E-state index < -0.39 is 0 Å². The molecule has 0 spiro atoms. The van der Waals surface area contributed by atoms with E-state index in [1.54, 1.807) is 4.08 Å². The van der Waals surface area contributed by atoms with Gasteiger partial charge in [0.05, 0.1) is 25.3 Å². The molecular weight excluding hydrogens is 391 g/mol. The number of hydrogen-bond acceptors (Lipinski definition) is 6. The van der Waals surface area contributed by atoms with Crippen LogP contribution in [0.15, 0.2) is 15.2 Å². The molecule has 0 atom stereocenters. The Morgan fingerprint density at radius 2 is 1.75 bits per heavy atom. The Balaban J connectivity index is 2.93. The van der Waals surface area contributed by atoms with E-state index in [9.17, 15) is 4.79 Å². The third kappa shape index (κ3) is 1.90. The van der Waals surface area contributed by atoms with Crippen LogP contribution >= 0.6 is 33.9 Å². The minimum atomic E-state index is -0.260. The highest BCUT2D eigenvalue weighted by Crippen LogP contribution is 2.53. The largest absolute Gasteiger partial charge is 0.487 e. The van der Waals surface area contributed by atoms with Crippen molar-refractivity contribution in [1.82, 2.24) is 0 Å². The minimum Gasteiger partial charge on any atom is -0.487 e. The molecule has 1 heterocycles. The van der Waals surface area contributed by atoms with Gasteiger partial charge in [-0.1, -0.05) is 33.9 Å². The van der Waals surface area contributed by atoms with Crippen LogP contribution in [0.25, 0.3) is 5.57 Å². The number of ether oxygens (including phenoxy) is 2. The zero-order chi connectivity index (χ0) is 14.9. The summed E-state index contributed by atoms with van der Waals surface area (Å²) in [5.41, 5.74) is 1.35. The molecule has 1 aliphatic carbocycles. The fraction of sp³-hybridized carbons (Fsp3) is 0.154. The van der Waals surface area contributed by atoms with Crippen molar-refractivity contribution in [3.8, 4) is 22.3 Å². The Morgan fingerprint density at radius 3 is 2.20 bits per heavy atom. The normalized spacial score (nSPS) is 14.8. The highest BCUT2D eigenvalue weighted by atomic mass is 127. The van der Waals surface area contributed by atoms with Crippen molar-refractivity contribution < 1.29 is 14.3 Å². The van der Waals surface area contributed by atoms with Gasteiger partial charge in [0.2, 0.25) is 0 Å². The molecule has 0 radical (unpaired) electrons. The van der Waals surface area contributed by atoms with Crippen molar-refractivity contribution in [2.75, 3.05) is 14.2 Å². The second-order valence-corrected chi connectivity index (χ2v) is 5.23. The number of nitrogens with zero attached hydrogens (tertiary/aromatic N) is 2. The highest BCUT2D eigenvalue weighted by Gasteiger charge is 2.40. The maximum absolute atomic E-state index is 12.4. The number of carbonyl (C=O) groups is 1. The number of ketones is 1. The van der Waals surface area contributed by atoms with E-state index in [0.29, 0.717) is 32.4 Å². The Kier molecular flexibility index (Phi) is 4.12. The lowest BCUT2D eigenvalue weighted by Crippen LogP contribution is -1.96. The van der Waals surface area contributed by atoms with Crippen molar-refractivity contribution in [1.29, 1.82) is 10.5 Å². The molecule has 2 rings (SSSR count). The van der Waals surface area contributed by atoms with Gasteiger partial charge in [-0.15, -0.1) is 0 Å². The van der Waals surface area contributed by atoms with E-state index in [0.717, 1.165) is 0 Å². The summed E-state index contributed by atoms with van der Waals surface area (Å²) in [6, 6.07) is 3.66. The lowest BCUT2D eigenvalue weighted by molar-refractivity contribution is 0.104. The first kappa shape index (κ1) is 14.6. The van der Waals surface area contributed by atoms with Crippen LogP contribution in [0.5, 0.6) is 10.1 Å². The quantitative estimate of drug-likeness (QED) is 0.435. The van der Waals surface area contributed by atoms with Gasteiger partial charge in [-0.3, -0.25) is 4.79 Å². The van der Waals surface area contributed by atoms with Crippen molar-refractivity contribution in [2.24, 2.45) is 0 Å². The lowest BCUT2D eigenvalue weighted by atomic mass is 10.0. The van der Waals surface area contributed by atoms with E-state index in [1.165, 1.54) is 25.6 Å². The zero-order valence-electron chi connectivity index (χ0n) is 10.5. The van der Waals surface area contributed by atoms with Crippen molar-refractivity contribution in [2.45, 2.75) is 0 Å². The van der Waals surface area contributed by atoms with Crippen LogP contribution in [0.4, 0.5) is 0 Å². The molecule has 1 aromatic heterocycles. The van der Waals surface area contributed by atoms with Crippen LogP contribution in [-0.2, 0) is 0 Å². The van der Waals surface area contributed by atoms with Crippen LogP contribution in [0.1, 0.15) is 15.9 Å². The van der Waals surface area contributed by atoms with Gasteiger partial charge in [0.1, 0.15) is 17.7 Å². The van der Waals surface area contributed by atoms with Gasteiger partial charge < -0.3 is 9.47 Å². The van der Waals surface area contributed by atoms with Crippen molar-refractivity contribution in [3.05, 3.63) is 26.4 Å². The molecule has 0 fully saturated rings. The molecular formula is C13H7IN2O3S. The van der Waals surface area contributed by atoms with E-state index in [1.807, 2.05) is 34.7 Å². The van der Waals surface area contributed by atoms with Gasteiger partial charge >= 0.3 is 0 Å². The van der Waals surface area contributed by atoms with Gasteiger partial charge in [0.15, 0.2) is 15.9 Å². The molecule has 20 heavy (non-hydrogen) atoms. The molecule has 0 aliphatic heterocycles. The SMILES string of the molecule is COc1sc(OC)c2c1C(=O)/C(=C/I)C2=C(C#N)C#N. The maximum atomic E-state index is 12.4. The first-order valence-corrected chi connectivity index (χ1v) is 7.35. The number of carbonyl (C=O) groups excluding carboxylic acids is 1. The summed E-state index contributed by atoms with van der Waals surface area (Å²) in [4.78, 5) is 12.4. The summed E-state index contributed by atoms with van der Waals surface area (Å²) in [7, 11) is 2.93. The second-order valence-electron chi connectivity index (χ2n) is 3.66. The van der Waals surface area contributed by atoms with Gasteiger partial charge in [-0.25, -0.2) is 0 Å². The predicted molar refractivity (Wildman–Crippen MR) is 82.0 cm³/mol. The number of nitriles is 2. The third-order valence-corrected chi connectivity index (χ3v) is 4.52. The van der Waals surface area contributed by atoms with Gasteiger partial charge in [-0.05, 0) is 4.08 Å². The Hall–Kier alpha value is -1.84. The van der Waals surface area contributed by atoms with Gasteiger partial charge in [-0.2, -0.15) is 10.5 Å². The zero-order valence-corrected chi connectivity index (χ0v) is 13.5. The number of allylic oxidation sites excluding steroid dienone is 3. The molecule has 0 N–H and O–H groups in total. The van der Waals surface area contributed by atoms with Crippen LogP contribution in [0.3, 0.4) is 0 Å². The average Bonchev–Trinajstić information content (AvgIpc) is 2.97. The first-order chi connectivity index (χ1) is 9.64. The van der Waals surface area contributed by atoms with E-state index in [-0.39, 0.29) is 11.4 Å². The van der Waals surface area contributed by atoms with E-state index >= 15 is 0 Å². The topological polar surface area (TPSA) is 83.1 Å². The number of thiophene rings is 1. The maximum Gasteiger partial charge on any atom is 0.199 e. The first-order valence-electron chi connectivity index (χ1n) is 5.29. The molecule has 5 nitrogen and oxygen atoms in total. The Bertz CT molecular complexity index is 731. The number of rotatable bonds is 2. The molecule has 0 bridgehead atoms. The molecule has 100 valence electrons. The van der Waals surface area contributed by atoms with Crippen LogP contribution < -0.4 is 9.47 Å². The van der Waals surface area contributed by atoms with Crippen molar-refractivity contribution >= 4 is 45.3 Å². The second kappa shape index (κ2) is 5.65. The number of fused-ring (bicyclic) bond motifs is 1. The summed E-state index contributed by atoms with van der Waals surface area (Å²) in [6.07, 6.45) is 0. The smallest absolute Gasteiger partial charge is 0.199 e. The van der Waals surface area contributed by atoms with E-state index in [4.69, 9.17) is 20.0 Å². The number of Topliss-reactive ketones (excluding diaryl/α,β-unsaturated/α-hetero) is 1.